The first-order chi connectivity index (χ1) is 15.7. The van der Waals surface area contributed by atoms with Crippen LogP contribution in [-0.2, 0) is 0 Å². The molecule has 0 fully saturated rings. The Hall–Kier alpha value is -4.37. The average Bonchev–Trinajstić information content (AvgIpc) is 3.47. The Balaban J connectivity index is 0.000000135. The van der Waals surface area contributed by atoms with Gasteiger partial charge in [0.05, 0.1) is 35.5 Å². The summed E-state index contributed by atoms with van der Waals surface area (Å²) in [7, 11) is 0. The van der Waals surface area contributed by atoms with Gasteiger partial charge in [-0.25, -0.2) is 24.3 Å². The highest BCUT2D eigenvalue weighted by atomic mass is 35.5. The highest BCUT2D eigenvalue weighted by Gasteiger charge is 2.09. The van der Waals surface area contributed by atoms with E-state index in [1.54, 1.807) is 15.6 Å². The Morgan fingerprint density at radius 3 is 1.91 bits per heavy atom. The molecular formula is C22H15ClN8O. The Morgan fingerprint density at radius 1 is 0.719 bits per heavy atom. The van der Waals surface area contributed by atoms with E-state index in [0.29, 0.717) is 21.8 Å². The van der Waals surface area contributed by atoms with Crippen molar-refractivity contribution in [3.8, 4) is 11.4 Å². The van der Waals surface area contributed by atoms with E-state index in [9.17, 15) is 4.79 Å². The fourth-order valence-electron chi connectivity index (χ4n) is 3.19. The van der Waals surface area contributed by atoms with E-state index in [2.05, 4.69) is 30.1 Å². The summed E-state index contributed by atoms with van der Waals surface area (Å²) in [5.41, 5.74) is 2.94. The fourth-order valence-corrected chi connectivity index (χ4v) is 3.36. The van der Waals surface area contributed by atoms with Crippen molar-refractivity contribution in [2.75, 3.05) is 0 Å². The largest absolute Gasteiger partial charge is 0.312 e. The second-order valence-corrected chi connectivity index (χ2v) is 7.01. The molecule has 0 spiro atoms. The maximum absolute atomic E-state index is 11.5. The van der Waals surface area contributed by atoms with Crippen LogP contribution >= 0.6 is 11.6 Å². The van der Waals surface area contributed by atoms with Gasteiger partial charge in [-0.2, -0.15) is 10.2 Å². The molecule has 4 aromatic heterocycles. The number of H-pyrrole nitrogens is 1. The molecule has 9 nitrogen and oxygen atoms in total. The molecule has 0 bridgehead atoms. The zero-order chi connectivity index (χ0) is 21.9. The van der Waals surface area contributed by atoms with Gasteiger partial charge in [0.1, 0.15) is 16.9 Å². The van der Waals surface area contributed by atoms with Crippen LogP contribution in [0.4, 0.5) is 0 Å². The van der Waals surface area contributed by atoms with Crippen LogP contribution in [0.1, 0.15) is 0 Å². The number of halogens is 1. The minimum atomic E-state index is -0.174. The minimum absolute atomic E-state index is 0.174. The lowest BCUT2D eigenvalue weighted by Crippen LogP contribution is -2.06. The summed E-state index contributed by atoms with van der Waals surface area (Å²) in [5, 5.41) is 10.1. The van der Waals surface area contributed by atoms with Crippen LogP contribution in [0.15, 0.2) is 90.5 Å². The van der Waals surface area contributed by atoms with E-state index in [1.807, 2.05) is 60.7 Å². The van der Waals surface area contributed by atoms with Gasteiger partial charge < -0.3 is 4.98 Å². The maximum atomic E-state index is 11.5. The summed E-state index contributed by atoms with van der Waals surface area (Å²) >= 11 is 5.95. The molecule has 32 heavy (non-hydrogen) atoms. The number of nitrogens with one attached hydrogen (secondary N) is 1. The lowest BCUT2D eigenvalue weighted by molar-refractivity contribution is 0.894. The molecule has 2 aromatic carbocycles. The molecule has 0 radical (unpaired) electrons. The van der Waals surface area contributed by atoms with Gasteiger partial charge in [-0.3, -0.25) is 4.79 Å². The van der Waals surface area contributed by atoms with Gasteiger partial charge in [-0.1, -0.05) is 48.0 Å². The van der Waals surface area contributed by atoms with Gasteiger partial charge in [-0.05, 0) is 24.3 Å². The number of nitrogens with zero attached hydrogens (tertiary/aromatic N) is 7. The van der Waals surface area contributed by atoms with Gasteiger partial charge in [0.25, 0.3) is 5.56 Å². The topological polar surface area (TPSA) is 107 Å². The zero-order valence-corrected chi connectivity index (χ0v) is 17.3. The Bertz CT molecular complexity index is 1560. The lowest BCUT2D eigenvalue weighted by Gasteiger charge is -2.01. The van der Waals surface area contributed by atoms with E-state index < -0.39 is 0 Å². The van der Waals surface area contributed by atoms with Gasteiger partial charge in [0.2, 0.25) is 0 Å². The number of aromatic nitrogens is 8. The molecule has 0 amide bonds. The first kappa shape index (κ1) is 19.6. The molecule has 6 aromatic rings. The Kier molecular flexibility index (Phi) is 5.14. The zero-order valence-electron chi connectivity index (χ0n) is 16.5. The molecule has 0 aliphatic rings. The molecule has 0 aliphatic heterocycles. The normalized spacial score (nSPS) is 10.8. The van der Waals surface area contributed by atoms with Gasteiger partial charge in [-0.15, -0.1) is 0 Å². The summed E-state index contributed by atoms with van der Waals surface area (Å²) in [6, 6.07) is 19.4. The SMILES string of the molecule is Clc1ncnc2c1cnn2-c1ccccc1.O=c1[nH]cnc2c1cnn2-c1ccccc1. The van der Waals surface area contributed by atoms with Gasteiger partial charge >= 0.3 is 0 Å². The van der Waals surface area contributed by atoms with Crippen LogP contribution < -0.4 is 5.56 Å². The monoisotopic (exact) mass is 442 g/mol. The van der Waals surface area contributed by atoms with Crippen LogP contribution in [0.2, 0.25) is 5.15 Å². The van der Waals surface area contributed by atoms with E-state index in [1.165, 1.54) is 18.9 Å². The van der Waals surface area contributed by atoms with Crippen molar-refractivity contribution in [1.29, 1.82) is 0 Å². The molecule has 0 unspecified atom stereocenters. The van der Waals surface area contributed by atoms with Crippen molar-refractivity contribution in [3.05, 3.63) is 101 Å². The number of benzene rings is 2. The van der Waals surface area contributed by atoms with Crippen LogP contribution in [0.25, 0.3) is 33.4 Å². The molecular weight excluding hydrogens is 428 g/mol. The molecule has 0 saturated carbocycles. The van der Waals surface area contributed by atoms with Crippen molar-refractivity contribution in [1.82, 2.24) is 39.5 Å². The number of hydrogen-bond donors (Lipinski definition) is 1. The highest BCUT2D eigenvalue weighted by molar-refractivity contribution is 6.33. The molecule has 0 saturated heterocycles. The van der Waals surface area contributed by atoms with Crippen molar-refractivity contribution < 1.29 is 0 Å². The van der Waals surface area contributed by atoms with E-state index in [-0.39, 0.29) is 5.56 Å². The second kappa shape index (κ2) is 8.40. The molecule has 156 valence electrons. The summed E-state index contributed by atoms with van der Waals surface area (Å²) in [4.78, 5) is 26.2. The molecule has 6 rings (SSSR count). The summed E-state index contributed by atoms with van der Waals surface area (Å²) in [6.45, 7) is 0. The molecule has 10 heteroatoms. The predicted octanol–water partition coefficient (Wildman–Crippen LogP) is 3.58. The van der Waals surface area contributed by atoms with Crippen LogP contribution in [0.5, 0.6) is 0 Å². The van der Waals surface area contributed by atoms with Crippen LogP contribution in [0, 0.1) is 0 Å². The molecule has 4 heterocycles. The van der Waals surface area contributed by atoms with Crippen molar-refractivity contribution in [2.24, 2.45) is 0 Å². The number of para-hydroxylation sites is 2. The maximum Gasteiger partial charge on any atom is 0.261 e. The van der Waals surface area contributed by atoms with Crippen molar-refractivity contribution in [2.45, 2.75) is 0 Å². The molecule has 0 aliphatic carbocycles. The second-order valence-electron chi connectivity index (χ2n) is 6.65. The lowest BCUT2D eigenvalue weighted by atomic mass is 10.3. The molecule has 1 N–H and O–H groups in total. The van der Waals surface area contributed by atoms with Crippen LogP contribution in [-0.4, -0.2) is 39.5 Å². The molecule has 0 atom stereocenters. The summed E-state index contributed by atoms with van der Waals surface area (Å²) in [5.74, 6) is 0. The third kappa shape index (κ3) is 3.61. The smallest absolute Gasteiger partial charge is 0.261 e. The predicted molar refractivity (Wildman–Crippen MR) is 121 cm³/mol. The quantitative estimate of drug-likeness (QED) is 0.411. The van der Waals surface area contributed by atoms with Gasteiger partial charge in [0.15, 0.2) is 11.3 Å². The van der Waals surface area contributed by atoms with E-state index >= 15 is 0 Å². The number of rotatable bonds is 2. The number of hydrogen-bond acceptors (Lipinski definition) is 6. The minimum Gasteiger partial charge on any atom is -0.312 e. The van der Waals surface area contributed by atoms with Crippen molar-refractivity contribution >= 4 is 33.7 Å². The fraction of sp³-hybridized carbons (Fsp3) is 0. The van der Waals surface area contributed by atoms with Crippen LogP contribution in [0.3, 0.4) is 0 Å². The number of fused-ring (bicyclic) bond motifs is 2. The average molecular weight is 443 g/mol. The Labute approximate surface area is 186 Å². The summed E-state index contributed by atoms with van der Waals surface area (Å²) in [6.07, 6.45) is 6.01. The third-order valence-corrected chi connectivity index (χ3v) is 4.99. The van der Waals surface area contributed by atoms with E-state index in [0.717, 1.165) is 16.8 Å². The first-order valence-electron chi connectivity index (χ1n) is 9.59. The van der Waals surface area contributed by atoms with Crippen molar-refractivity contribution in [3.63, 3.8) is 0 Å². The Morgan fingerprint density at radius 2 is 1.28 bits per heavy atom. The van der Waals surface area contributed by atoms with Gasteiger partial charge in [0, 0.05) is 0 Å². The number of aromatic amines is 1. The third-order valence-electron chi connectivity index (χ3n) is 4.69. The summed E-state index contributed by atoms with van der Waals surface area (Å²) < 4.78 is 3.38. The van der Waals surface area contributed by atoms with E-state index in [4.69, 9.17) is 11.6 Å². The standard InChI is InChI=1S/C11H7ClN4.C11H8N4O/c12-10-9-6-15-16(11(9)14-7-13-10)8-4-2-1-3-5-8;16-11-9-6-14-15(10(9)12-7-13-11)8-4-2-1-3-5-8/h1-7H;1-7H,(H,12,13,16). The highest BCUT2D eigenvalue weighted by Crippen LogP contribution is 2.20. The first-order valence-corrected chi connectivity index (χ1v) is 9.96.